The molecule has 2 heterocycles. The topological polar surface area (TPSA) is 62.3 Å². The molecule has 0 radical (unpaired) electrons. The summed E-state index contributed by atoms with van der Waals surface area (Å²) in [6.07, 6.45) is 1.88. The van der Waals surface area contributed by atoms with Gasteiger partial charge in [0.2, 0.25) is 5.91 Å². The van der Waals surface area contributed by atoms with Crippen molar-refractivity contribution in [2.45, 2.75) is 39.3 Å². The highest BCUT2D eigenvalue weighted by Gasteiger charge is 2.31. The van der Waals surface area contributed by atoms with Gasteiger partial charge in [-0.3, -0.25) is 14.6 Å². The average Bonchev–Trinajstić information content (AvgIpc) is 3.10. The molecule has 0 spiro atoms. The fourth-order valence-corrected chi connectivity index (χ4v) is 3.18. The minimum absolute atomic E-state index is 0.00826. The van der Waals surface area contributed by atoms with Crippen LogP contribution in [0.15, 0.2) is 42.5 Å². The molecule has 0 bridgehead atoms. The summed E-state index contributed by atoms with van der Waals surface area (Å²) in [4.78, 5) is 30.5. The molecule has 5 heteroatoms. The van der Waals surface area contributed by atoms with Crippen molar-refractivity contribution in [2.24, 2.45) is 0 Å². The highest BCUT2D eigenvalue weighted by molar-refractivity contribution is 5.94. The summed E-state index contributed by atoms with van der Waals surface area (Å²) in [5.41, 5.74) is 3.55. The molecule has 3 rings (SSSR count). The van der Waals surface area contributed by atoms with Gasteiger partial charge in [0.1, 0.15) is 0 Å². The second-order valence-electron chi connectivity index (χ2n) is 6.49. The van der Waals surface area contributed by atoms with E-state index in [1.807, 2.05) is 54.3 Å². The van der Waals surface area contributed by atoms with Crippen molar-refractivity contribution in [1.29, 1.82) is 0 Å². The standard InChI is InChI=1S/C20H23N3O2/c1-14-8-10-16(11-9-14)20(25)23-12-4-7-19(23)18-6-3-5-17(22-18)13-21-15(2)24/h3,5-6,8-11,19H,4,7,12-13H2,1-2H3,(H,21,24). The lowest BCUT2D eigenvalue weighted by Crippen LogP contribution is -2.31. The number of aromatic nitrogens is 1. The van der Waals surface area contributed by atoms with Crippen LogP contribution in [0.2, 0.25) is 0 Å². The van der Waals surface area contributed by atoms with Crippen molar-refractivity contribution in [2.75, 3.05) is 6.54 Å². The number of nitrogens with one attached hydrogen (secondary N) is 1. The SMILES string of the molecule is CC(=O)NCc1cccc(C2CCCN2C(=O)c2ccc(C)cc2)n1. The number of aryl methyl sites for hydroxylation is 1. The van der Waals surface area contributed by atoms with Crippen molar-refractivity contribution < 1.29 is 9.59 Å². The number of likely N-dealkylation sites (tertiary alicyclic amines) is 1. The van der Waals surface area contributed by atoms with Crippen molar-refractivity contribution in [3.63, 3.8) is 0 Å². The number of rotatable bonds is 4. The number of pyridine rings is 1. The predicted molar refractivity (Wildman–Crippen MR) is 95.9 cm³/mol. The van der Waals surface area contributed by atoms with Crippen LogP contribution in [0.25, 0.3) is 0 Å². The number of hydrogen-bond acceptors (Lipinski definition) is 3. The fraction of sp³-hybridized carbons (Fsp3) is 0.350. The monoisotopic (exact) mass is 337 g/mol. The Morgan fingerprint density at radius 1 is 1.20 bits per heavy atom. The molecule has 1 aromatic carbocycles. The second kappa shape index (κ2) is 7.47. The van der Waals surface area contributed by atoms with E-state index in [9.17, 15) is 9.59 Å². The molecule has 1 N–H and O–H groups in total. The third kappa shape index (κ3) is 4.05. The van der Waals surface area contributed by atoms with Crippen LogP contribution in [0.4, 0.5) is 0 Å². The van der Waals surface area contributed by atoms with Crippen LogP contribution in [-0.2, 0) is 11.3 Å². The van der Waals surface area contributed by atoms with Crippen molar-refractivity contribution in [3.8, 4) is 0 Å². The zero-order valence-electron chi connectivity index (χ0n) is 14.7. The van der Waals surface area contributed by atoms with Crippen LogP contribution in [0.1, 0.15) is 53.1 Å². The van der Waals surface area contributed by atoms with Gasteiger partial charge in [0.15, 0.2) is 0 Å². The van der Waals surface area contributed by atoms with Crippen molar-refractivity contribution in [3.05, 3.63) is 65.0 Å². The zero-order chi connectivity index (χ0) is 17.8. The molecule has 130 valence electrons. The van der Waals surface area contributed by atoms with Gasteiger partial charge in [-0.2, -0.15) is 0 Å². The Morgan fingerprint density at radius 3 is 2.68 bits per heavy atom. The third-order valence-corrected chi connectivity index (χ3v) is 4.50. The zero-order valence-corrected chi connectivity index (χ0v) is 14.7. The van der Waals surface area contributed by atoms with Gasteiger partial charge >= 0.3 is 0 Å². The largest absolute Gasteiger partial charge is 0.351 e. The number of carbonyl (C=O) groups excluding carboxylic acids is 2. The third-order valence-electron chi connectivity index (χ3n) is 4.50. The van der Waals surface area contributed by atoms with E-state index in [0.29, 0.717) is 12.1 Å². The van der Waals surface area contributed by atoms with Gasteiger partial charge in [-0.05, 0) is 44.0 Å². The number of amides is 2. The van der Waals surface area contributed by atoms with Crippen LogP contribution in [0, 0.1) is 6.92 Å². The van der Waals surface area contributed by atoms with Gasteiger partial charge < -0.3 is 10.2 Å². The summed E-state index contributed by atoms with van der Waals surface area (Å²) in [5, 5.41) is 2.76. The normalized spacial score (nSPS) is 16.7. The molecular weight excluding hydrogens is 314 g/mol. The Hall–Kier alpha value is -2.69. The summed E-state index contributed by atoms with van der Waals surface area (Å²) in [6.45, 7) is 4.65. The molecule has 1 saturated heterocycles. The first-order valence-electron chi connectivity index (χ1n) is 8.62. The van der Waals surface area contributed by atoms with Crippen LogP contribution in [0.3, 0.4) is 0 Å². The summed E-state index contributed by atoms with van der Waals surface area (Å²) < 4.78 is 0. The summed E-state index contributed by atoms with van der Waals surface area (Å²) in [7, 11) is 0. The lowest BCUT2D eigenvalue weighted by atomic mass is 10.1. The van der Waals surface area contributed by atoms with Gasteiger partial charge in [-0.15, -0.1) is 0 Å². The summed E-state index contributed by atoms with van der Waals surface area (Å²) in [5.74, 6) is -0.0270. The highest BCUT2D eigenvalue weighted by atomic mass is 16.2. The number of hydrogen-bond donors (Lipinski definition) is 1. The maximum Gasteiger partial charge on any atom is 0.254 e. The molecule has 0 aliphatic carbocycles. The van der Waals surface area contributed by atoms with Crippen LogP contribution >= 0.6 is 0 Å². The lowest BCUT2D eigenvalue weighted by molar-refractivity contribution is -0.119. The predicted octanol–water partition coefficient (Wildman–Crippen LogP) is 3.00. The quantitative estimate of drug-likeness (QED) is 0.933. The molecule has 1 fully saturated rings. The molecule has 25 heavy (non-hydrogen) atoms. The first kappa shape index (κ1) is 17.1. The molecule has 2 aromatic rings. The molecule has 2 amide bonds. The molecule has 1 aliphatic rings. The minimum atomic E-state index is -0.0794. The van der Waals surface area contributed by atoms with E-state index in [1.165, 1.54) is 6.92 Å². The molecule has 1 unspecified atom stereocenters. The smallest absolute Gasteiger partial charge is 0.254 e. The molecular formula is C20H23N3O2. The van der Waals surface area contributed by atoms with Gasteiger partial charge in [0.25, 0.3) is 5.91 Å². The van der Waals surface area contributed by atoms with E-state index in [4.69, 9.17) is 0 Å². The molecule has 1 aromatic heterocycles. The van der Waals surface area contributed by atoms with Gasteiger partial charge in [0, 0.05) is 19.0 Å². The first-order chi connectivity index (χ1) is 12.0. The van der Waals surface area contributed by atoms with E-state index >= 15 is 0 Å². The average molecular weight is 337 g/mol. The Morgan fingerprint density at radius 2 is 1.96 bits per heavy atom. The Bertz CT molecular complexity index is 771. The number of carbonyl (C=O) groups is 2. The van der Waals surface area contributed by atoms with E-state index in [-0.39, 0.29) is 17.9 Å². The highest BCUT2D eigenvalue weighted by Crippen LogP contribution is 2.32. The van der Waals surface area contributed by atoms with E-state index in [1.54, 1.807) is 0 Å². The minimum Gasteiger partial charge on any atom is -0.351 e. The van der Waals surface area contributed by atoms with Gasteiger partial charge in [0.05, 0.1) is 24.0 Å². The van der Waals surface area contributed by atoms with Gasteiger partial charge in [-0.1, -0.05) is 23.8 Å². The van der Waals surface area contributed by atoms with Crippen LogP contribution in [-0.4, -0.2) is 28.2 Å². The van der Waals surface area contributed by atoms with E-state index in [0.717, 1.165) is 36.3 Å². The second-order valence-corrected chi connectivity index (χ2v) is 6.49. The number of benzene rings is 1. The van der Waals surface area contributed by atoms with Crippen LogP contribution < -0.4 is 5.32 Å². The summed E-state index contributed by atoms with van der Waals surface area (Å²) >= 11 is 0. The molecule has 1 aliphatic heterocycles. The molecule has 1 atom stereocenters. The van der Waals surface area contributed by atoms with E-state index < -0.39 is 0 Å². The molecule has 0 saturated carbocycles. The van der Waals surface area contributed by atoms with Crippen molar-refractivity contribution in [1.82, 2.24) is 15.2 Å². The Balaban J connectivity index is 1.79. The first-order valence-corrected chi connectivity index (χ1v) is 8.62. The maximum absolute atomic E-state index is 12.9. The Kier molecular flexibility index (Phi) is 5.12. The lowest BCUT2D eigenvalue weighted by Gasteiger charge is -2.25. The van der Waals surface area contributed by atoms with E-state index in [2.05, 4.69) is 10.3 Å². The Labute approximate surface area is 148 Å². The number of nitrogens with zero attached hydrogens (tertiary/aromatic N) is 2. The van der Waals surface area contributed by atoms with Crippen molar-refractivity contribution >= 4 is 11.8 Å². The molecule has 5 nitrogen and oxygen atoms in total. The maximum atomic E-state index is 12.9. The van der Waals surface area contributed by atoms with Gasteiger partial charge in [-0.25, -0.2) is 0 Å². The fourth-order valence-electron chi connectivity index (χ4n) is 3.18. The summed E-state index contributed by atoms with van der Waals surface area (Å²) in [6, 6.07) is 13.5. The van der Waals surface area contributed by atoms with Crippen LogP contribution in [0.5, 0.6) is 0 Å².